The molecule has 42 heavy (non-hydrogen) atoms. The van der Waals surface area contributed by atoms with Gasteiger partial charge in [-0.2, -0.15) is 22.0 Å². The number of carbonyl (C=O) groups is 2. The monoisotopic (exact) mass is 594 g/mol. The van der Waals surface area contributed by atoms with E-state index in [1.165, 1.54) is 14.0 Å². The maximum atomic E-state index is 14.7. The summed E-state index contributed by atoms with van der Waals surface area (Å²) in [4.78, 5) is 23.3. The van der Waals surface area contributed by atoms with E-state index in [1.54, 1.807) is 37.3 Å². The molecule has 5 nitrogen and oxygen atoms in total. The van der Waals surface area contributed by atoms with Gasteiger partial charge in [0.05, 0.1) is 7.11 Å². The topological polar surface area (TPSA) is 72.8 Å². The van der Waals surface area contributed by atoms with Crippen LogP contribution in [-0.2, 0) is 19.1 Å². The number of aliphatic hydroxyl groups excluding tert-OH is 1. The van der Waals surface area contributed by atoms with Gasteiger partial charge in [-0.3, -0.25) is 4.79 Å². The molecular formula is C32H35F5O5. The molecule has 0 aromatic heterocycles. The van der Waals surface area contributed by atoms with E-state index in [0.717, 1.165) is 22.3 Å². The predicted molar refractivity (Wildman–Crippen MR) is 144 cm³/mol. The molecule has 1 aromatic rings. The number of carbonyl (C=O) groups excluding carboxylic acids is 2. The molecule has 0 heterocycles. The quantitative estimate of drug-likeness (QED) is 0.174. The van der Waals surface area contributed by atoms with Crippen molar-refractivity contribution in [3.63, 3.8) is 0 Å². The van der Waals surface area contributed by atoms with Crippen LogP contribution in [0.1, 0.15) is 69.4 Å². The average Bonchev–Trinajstić information content (AvgIpc) is 2.95. The second-order valence-corrected chi connectivity index (χ2v) is 11.5. The predicted octanol–water partition coefficient (Wildman–Crippen LogP) is 6.30. The normalized spacial score (nSPS) is 26.8. The molecular weight excluding hydrogens is 559 g/mol. The van der Waals surface area contributed by atoms with Crippen LogP contribution < -0.4 is 0 Å². The molecule has 1 fully saturated rings. The highest BCUT2D eigenvalue weighted by Gasteiger charge is 2.68. The Balaban J connectivity index is 1.74. The minimum Gasteiger partial charge on any atom is -0.467 e. The van der Waals surface area contributed by atoms with Gasteiger partial charge in [0.1, 0.15) is 19.3 Å². The molecule has 228 valence electrons. The molecule has 0 saturated heterocycles. The molecule has 3 aliphatic carbocycles. The summed E-state index contributed by atoms with van der Waals surface area (Å²) >= 11 is 0. The number of hydrogen-bond acceptors (Lipinski definition) is 5. The lowest BCUT2D eigenvalue weighted by Crippen LogP contribution is -2.59. The fraction of sp³-hybridized carbons (Fsp3) is 0.562. The van der Waals surface area contributed by atoms with E-state index in [2.05, 4.69) is 16.6 Å². The third-order valence-electron chi connectivity index (χ3n) is 9.12. The lowest BCUT2D eigenvalue weighted by molar-refractivity contribution is -0.333. The molecule has 4 rings (SSSR count). The Morgan fingerprint density at radius 3 is 2.45 bits per heavy atom. The van der Waals surface area contributed by atoms with Gasteiger partial charge in [0, 0.05) is 23.3 Å². The zero-order valence-electron chi connectivity index (χ0n) is 23.8. The smallest absolute Gasteiger partial charge is 0.456 e. The zero-order valence-corrected chi connectivity index (χ0v) is 23.8. The van der Waals surface area contributed by atoms with Crippen molar-refractivity contribution in [2.75, 3.05) is 20.3 Å². The van der Waals surface area contributed by atoms with Gasteiger partial charge >= 0.3 is 18.1 Å². The summed E-state index contributed by atoms with van der Waals surface area (Å²) in [5.41, 5.74) is 2.50. The summed E-state index contributed by atoms with van der Waals surface area (Å²) < 4.78 is 79.6. The van der Waals surface area contributed by atoms with E-state index < -0.39 is 41.4 Å². The summed E-state index contributed by atoms with van der Waals surface area (Å²) in [6.07, 6.45) is -5.12. The Morgan fingerprint density at radius 1 is 1.14 bits per heavy atom. The zero-order chi connectivity index (χ0) is 30.9. The molecule has 0 aliphatic heterocycles. The maximum absolute atomic E-state index is 14.7. The fourth-order valence-corrected chi connectivity index (χ4v) is 7.17. The Hall–Kier alpha value is -3.03. The van der Waals surface area contributed by atoms with Gasteiger partial charge in [0.2, 0.25) is 0 Å². The molecule has 0 radical (unpaired) electrons. The first-order valence-electron chi connectivity index (χ1n) is 14.1. The third-order valence-corrected chi connectivity index (χ3v) is 9.12. The maximum Gasteiger partial charge on any atom is 0.456 e. The molecule has 0 spiro atoms. The van der Waals surface area contributed by atoms with E-state index >= 15 is 0 Å². The van der Waals surface area contributed by atoms with E-state index in [1.807, 2.05) is 0 Å². The average molecular weight is 595 g/mol. The number of ether oxygens (including phenoxy) is 2. The molecule has 4 unspecified atom stereocenters. The number of methoxy groups -OCH3 is 1. The standard InChI is InChI=1S/C32H35F5O5/c1-4-26-24-13-11-21-16-22(38)12-14-23(21)28(24)25(17-30(26,2)29(40)31(33,34)32(35,36)37)20-9-7-19(8-10-20)6-5-15-42-18-27(39)41-3/h7-10,16,24-26,29,40H,4,11-15,17-18H2,1-3H3/t24?,25-,26?,29?,30?/m1/s1. The molecule has 1 saturated carbocycles. The van der Waals surface area contributed by atoms with Crippen molar-refractivity contribution in [3.8, 4) is 11.8 Å². The first kappa shape index (κ1) is 31.9. The molecule has 5 atom stereocenters. The Labute approximate surface area is 242 Å². The van der Waals surface area contributed by atoms with E-state index in [0.29, 0.717) is 37.7 Å². The number of fused-ring (bicyclic) bond motifs is 2. The Morgan fingerprint density at radius 2 is 1.83 bits per heavy atom. The van der Waals surface area contributed by atoms with Crippen LogP contribution in [0.15, 0.2) is 47.1 Å². The van der Waals surface area contributed by atoms with Crippen LogP contribution >= 0.6 is 0 Å². The molecule has 1 N–H and O–H groups in total. The van der Waals surface area contributed by atoms with E-state index in [4.69, 9.17) is 4.74 Å². The van der Waals surface area contributed by atoms with Gasteiger partial charge in [-0.05, 0) is 72.4 Å². The van der Waals surface area contributed by atoms with Crippen LogP contribution in [-0.4, -0.2) is 55.4 Å². The first-order valence-corrected chi connectivity index (χ1v) is 14.1. The largest absolute Gasteiger partial charge is 0.467 e. The number of alkyl halides is 5. The summed E-state index contributed by atoms with van der Waals surface area (Å²) in [5, 5.41) is 10.9. The van der Waals surface area contributed by atoms with Crippen molar-refractivity contribution in [2.24, 2.45) is 17.3 Å². The number of halogens is 5. The van der Waals surface area contributed by atoms with Crippen LogP contribution in [0.3, 0.4) is 0 Å². The molecule has 0 amide bonds. The first-order chi connectivity index (χ1) is 19.7. The summed E-state index contributed by atoms with van der Waals surface area (Å²) in [6.45, 7) is 2.89. The number of rotatable bonds is 7. The Bertz CT molecular complexity index is 1320. The van der Waals surface area contributed by atoms with Gasteiger partial charge in [-0.15, -0.1) is 0 Å². The van der Waals surface area contributed by atoms with Crippen LogP contribution in [0.4, 0.5) is 22.0 Å². The van der Waals surface area contributed by atoms with Crippen molar-refractivity contribution in [1.82, 2.24) is 0 Å². The number of ketones is 1. The van der Waals surface area contributed by atoms with Gasteiger partial charge in [-0.25, -0.2) is 4.79 Å². The van der Waals surface area contributed by atoms with Crippen LogP contribution in [0, 0.1) is 29.1 Å². The van der Waals surface area contributed by atoms with E-state index in [9.17, 15) is 36.6 Å². The highest BCUT2D eigenvalue weighted by atomic mass is 19.4. The summed E-state index contributed by atoms with van der Waals surface area (Å²) in [7, 11) is 1.25. The SMILES string of the molecule is CCC1C2CCC3=CC(=O)CCC3=C2[C@@H](c2ccc(C#CCOCC(=O)OC)cc2)CC1(C)C(O)C(F)(F)C(F)(F)F. The van der Waals surface area contributed by atoms with Gasteiger partial charge in [0.25, 0.3) is 0 Å². The summed E-state index contributed by atoms with van der Waals surface area (Å²) in [5.74, 6) is -1.55. The van der Waals surface area contributed by atoms with Gasteiger partial charge in [0.15, 0.2) is 5.78 Å². The number of hydrogen-bond donors (Lipinski definition) is 1. The lowest BCUT2D eigenvalue weighted by Gasteiger charge is -2.56. The third kappa shape index (κ3) is 6.04. The van der Waals surface area contributed by atoms with Gasteiger partial charge < -0.3 is 14.6 Å². The number of allylic oxidation sites excluding steroid dienone is 4. The minimum absolute atomic E-state index is 0.00665. The van der Waals surface area contributed by atoms with Crippen molar-refractivity contribution >= 4 is 11.8 Å². The number of benzene rings is 1. The van der Waals surface area contributed by atoms with Gasteiger partial charge in [-0.1, -0.05) is 49.8 Å². The minimum atomic E-state index is -5.89. The van der Waals surface area contributed by atoms with Crippen molar-refractivity contribution in [3.05, 3.63) is 58.2 Å². The number of aliphatic hydroxyl groups is 1. The fourth-order valence-electron chi connectivity index (χ4n) is 7.17. The highest BCUT2D eigenvalue weighted by Crippen LogP contribution is 2.62. The molecule has 1 aromatic carbocycles. The second-order valence-electron chi connectivity index (χ2n) is 11.5. The Kier molecular flexibility index (Phi) is 9.34. The van der Waals surface area contributed by atoms with Crippen LogP contribution in [0.25, 0.3) is 0 Å². The van der Waals surface area contributed by atoms with Crippen molar-refractivity contribution in [1.29, 1.82) is 0 Å². The molecule has 3 aliphatic rings. The second kappa shape index (κ2) is 12.3. The lowest BCUT2D eigenvalue weighted by atomic mass is 9.50. The molecule has 10 heteroatoms. The number of esters is 1. The highest BCUT2D eigenvalue weighted by molar-refractivity contribution is 5.93. The van der Waals surface area contributed by atoms with Crippen molar-refractivity contribution in [2.45, 2.75) is 76.5 Å². The molecule has 0 bridgehead atoms. The summed E-state index contributed by atoms with van der Waals surface area (Å²) in [6, 6.07) is 7.02. The van der Waals surface area contributed by atoms with E-state index in [-0.39, 0.29) is 31.3 Å². The van der Waals surface area contributed by atoms with Crippen LogP contribution in [0.2, 0.25) is 0 Å². The van der Waals surface area contributed by atoms with Crippen LogP contribution in [0.5, 0.6) is 0 Å². The van der Waals surface area contributed by atoms with Crippen molar-refractivity contribution < 1.29 is 46.1 Å².